The first-order valence-corrected chi connectivity index (χ1v) is 10.1. The van der Waals surface area contributed by atoms with Crippen molar-refractivity contribution in [3.63, 3.8) is 0 Å². The molecule has 0 spiro atoms. The number of aromatic nitrogens is 6. The van der Waals surface area contributed by atoms with Crippen LogP contribution in [0.3, 0.4) is 0 Å². The van der Waals surface area contributed by atoms with Crippen molar-refractivity contribution < 1.29 is 14.3 Å². The summed E-state index contributed by atoms with van der Waals surface area (Å²) in [5, 5.41) is 20.1. The van der Waals surface area contributed by atoms with Crippen LogP contribution in [0.4, 0.5) is 5.69 Å². The fourth-order valence-electron chi connectivity index (χ4n) is 3.53. The lowest BCUT2D eigenvalue weighted by molar-refractivity contribution is -0.116. The van der Waals surface area contributed by atoms with Crippen molar-refractivity contribution in [2.24, 2.45) is 0 Å². The quantitative estimate of drug-likeness (QED) is 0.465. The first-order valence-electron chi connectivity index (χ1n) is 10.1. The third-order valence-electron chi connectivity index (χ3n) is 5.25. The van der Waals surface area contributed by atoms with Gasteiger partial charge in [-0.25, -0.2) is 9.48 Å². The first-order chi connectivity index (χ1) is 15.4. The van der Waals surface area contributed by atoms with E-state index in [1.807, 2.05) is 32.9 Å². The fraction of sp³-hybridized carbons (Fsp3) is 0.273. The molecule has 0 aliphatic carbocycles. The molecular formula is C22H23N7O3. The molecule has 0 saturated carbocycles. The summed E-state index contributed by atoms with van der Waals surface area (Å²) in [5.74, 6) is 0.809. The van der Waals surface area contributed by atoms with Crippen molar-refractivity contribution in [3.05, 3.63) is 64.7 Å². The summed E-state index contributed by atoms with van der Waals surface area (Å²) in [7, 11) is 1.33. The number of fused-ring (bicyclic) bond motifs is 1. The van der Waals surface area contributed by atoms with Crippen LogP contribution in [0.25, 0.3) is 11.5 Å². The molecule has 0 fully saturated rings. The minimum absolute atomic E-state index is 0.123. The second kappa shape index (κ2) is 8.58. The van der Waals surface area contributed by atoms with Gasteiger partial charge in [-0.1, -0.05) is 0 Å². The van der Waals surface area contributed by atoms with E-state index in [-0.39, 0.29) is 5.91 Å². The standard InChI is InChI=1S/C22H23N7O3/c1-13-18(9-12-21(30)23-17-7-5-16(6-8-17)22(31)32-4)14(2)28(26-13)20-11-10-19-25-24-15(3)29(19)27-20/h5-8,10-11H,9,12H2,1-4H3,(H,23,30). The minimum Gasteiger partial charge on any atom is -0.465 e. The summed E-state index contributed by atoms with van der Waals surface area (Å²) in [6, 6.07) is 10.3. The molecule has 0 aliphatic rings. The number of hydrogen-bond donors (Lipinski definition) is 1. The van der Waals surface area contributed by atoms with Gasteiger partial charge in [-0.2, -0.15) is 9.61 Å². The summed E-state index contributed by atoms with van der Waals surface area (Å²) in [4.78, 5) is 24.0. The molecule has 1 amide bonds. The number of aryl methyl sites for hydroxylation is 2. The number of nitrogens with one attached hydrogen (secondary N) is 1. The smallest absolute Gasteiger partial charge is 0.337 e. The number of methoxy groups -OCH3 is 1. The molecule has 10 heteroatoms. The molecule has 3 aromatic heterocycles. The highest BCUT2D eigenvalue weighted by atomic mass is 16.5. The Morgan fingerprint density at radius 1 is 1.00 bits per heavy atom. The number of anilines is 1. The maximum atomic E-state index is 12.5. The number of amides is 1. The van der Waals surface area contributed by atoms with Gasteiger partial charge < -0.3 is 10.1 Å². The predicted octanol–water partition coefficient (Wildman–Crippen LogP) is 2.59. The van der Waals surface area contributed by atoms with Gasteiger partial charge in [0.05, 0.1) is 18.4 Å². The third-order valence-corrected chi connectivity index (χ3v) is 5.25. The molecule has 1 N–H and O–H groups in total. The molecule has 0 radical (unpaired) electrons. The van der Waals surface area contributed by atoms with Gasteiger partial charge in [-0.3, -0.25) is 4.79 Å². The average molecular weight is 433 g/mol. The van der Waals surface area contributed by atoms with Gasteiger partial charge in [0.15, 0.2) is 17.3 Å². The first kappa shape index (κ1) is 21.2. The molecule has 1 aromatic carbocycles. The van der Waals surface area contributed by atoms with E-state index in [4.69, 9.17) is 0 Å². The zero-order valence-electron chi connectivity index (χ0n) is 18.3. The van der Waals surface area contributed by atoms with Crippen LogP contribution in [-0.2, 0) is 16.0 Å². The van der Waals surface area contributed by atoms with E-state index in [0.717, 1.165) is 17.0 Å². The Bertz CT molecular complexity index is 1310. The summed E-state index contributed by atoms with van der Waals surface area (Å²) < 4.78 is 8.12. The van der Waals surface area contributed by atoms with Crippen molar-refractivity contribution in [2.45, 2.75) is 33.6 Å². The van der Waals surface area contributed by atoms with Gasteiger partial charge in [0.2, 0.25) is 5.91 Å². The van der Waals surface area contributed by atoms with Gasteiger partial charge in [0, 0.05) is 17.8 Å². The Morgan fingerprint density at radius 3 is 2.47 bits per heavy atom. The highest BCUT2D eigenvalue weighted by Crippen LogP contribution is 2.19. The SMILES string of the molecule is COC(=O)c1ccc(NC(=O)CCc2c(C)nn(-c3ccc4nnc(C)n4n3)c2C)cc1. The zero-order chi connectivity index (χ0) is 22.8. The topological polar surface area (TPSA) is 116 Å². The van der Waals surface area contributed by atoms with Gasteiger partial charge in [-0.05, 0) is 69.2 Å². The largest absolute Gasteiger partial charge is 0.465 e. The van der Waals surface area contributed by atoms with Gasteiger partial charge in [0.1, 0.15) is 0 Å². The van der Waals surface area contributed by atoms with E-state index in [1.165, 1.54) is 7.11 Å². The van der Waals surface area contributed by atoms with Crippen LogP contribution in [0, 0.1) is 20.8 Å². The second-order valence-corrected chi connectivity index (χ2v) is 7.39. The Hall–Kier alpha value is -4.08. The van der Waals surface area contributed by atoms with Crippen LogP contribution < -0.4 is 5.32 Å². The van der Waals surface area contributed by atoms with E-state index in [2.05, 4.69) is 30.4 Å². The van der Waals surface area contributed by atoms with Gasteiger partial charge in [-0.15, -0.1) is 15.3 Å². The number of carbonyl (C=O) groups excluding carboxylic acids is 2. The lowest BCUT2D eigenvalue weighted by Gasteiger charge is -2.07. The van der Waals surface area contributed by atoms with E-state index in [1.54, 1.807) is 33.5 Å². The molecule has 4 aromatic rings. The number of benzene rings is 1. The van der Waals surface area contributed by atoms with Crippen LogP contribution in [0.1, 0.15) is 39.6 Å². The lowest BCUT2D eigenvalue weighted by Crippen LogP contribution is -2.13. The molecule has 0 bridgehead atoms. The maximum Gasteiger partial charge on any atom is 0.337 e. The van der Waals surface area contributed by atoms with Crippen molar-refractivity contribution in [2.75, 3.05) is 12.4 Å². The van der Waals surface area contributed by atoms with Gasteiger partial charge >= 0.3 is 5.97 Å². The third kappa shape index (κ3) is 4.07. The number of nitrogens with zero attached hydrogens (tertiary/aromatic N) is 6. The molecule has 32 heavy (non-hydrogen) atoms. The molecule has 164 valence electrons. The summed E-state index contributed by atoms with van der Waals surface area (Å²) in [6.45, 7) is 5.72. The Morgan fingerprint density at radius 2 is 1.75 bits per heavy atom. The molecule has 4 rings (SSSR count). The monoisotopic (exact) mass is 433 g/mol. The molecule has 0 atom stereocenters. The van der Waals surface area contributed by atoms with E-state index < -0.39 is 5.97 Å². The van der Waals surface area contributed by atoms with Crippen molar-refractivity contribution in [1.29, 1.82) is 0 Å². The lowest BCUT2D eigenvalue weighted by atomic mass is 10.1. The van der Waals surface area contributed by atoms with E-state index in [9.17, 15) is 9.59 Å². The number of carbonyl (C=O) groups is 2. The minimum atomic E-state index is -0.418. The summed E-state index contributed by atoms with van der Waals surface area (Å²) >= 11 is 0. The van der Waals surface area contributed by atoms with Crippen LogP contribution in [0.2, 0.25) is 0 Å². The number of rotatable bonds is 6. The Labute approximate surface area is 184 Å². The maximum absolute atomic E-state index is 12.5. The van der Waals surface area contributed by atoms with Crippen LogP contribution in [0.15, 0.2) is 36.4 Å². The molecule has 0 unspecified atom stereocenters. The predicted molar refractivity (Wildman–Crippen MR) is 117 cm³/mol. The summed E-state index contributed by atoms with van der Waals surface area (Å²) in [5.41, 5.74) is 4.49. The highest BCUT2D eigenvalue weighted by molar-refractivity contribution is 5.93. The van der Waals surface area contributed by atoms with E-state index in [0.29, 0.717) is 41.4 Å². The average Bonchev–Trinajstić information content (AvgIpc) is 3.30. The molecule has 0 saturated heterocycles. The van der Waals surface area contributed by atoms with Crippen molar-refractivity contribution in [1.82, 2.24) is 29.6 Å². The molecule has 3 heterocycles. The van der Waals surface area contributed by atoms with Gasteiger partial charge in [0.25, 0.3) is 0 Å². The number of hydrogen-bond acceptors (Lipinski definition) is 7. The van der Waals surface area contributed by atoms with Crippen LogP contribution in [-0.4, -0.2) is 48.6 Å². The number of ether oxygens (including phenoxy) is 1. The number of esters is 1. The fourth-order valence-corrected chi connectivity index (χ4v) is 3.53. The van der Waals surface area contributed by atoms with Crippen LogP contribution >= 0.6 is 0 Å². The van der Waals surface area contributed by atoms with Crippen LogP contribution in [0.5, 0.6) is 0 Å². The normalized spacial score (nSPS) is 11.0. The van der Waals surface area contributed by atoms with Crippen molar-refractivity contribution >= 4 is 23.2 Å². The van der Waals surface area contributed by atoms with E-state index >= 15 is 0 Å². The zero-order valence-corrected chi connectivity index (χ0v) is 18.3. The Kier molecular flexibility index (Phi) is 5.67. The summed E-state index contributed by atoms with van der Waals surface area (Å²) in [6.07, 6.45) is 0.834. The van der Waals surface area contributed by atoms with Crippen molar-refractivity contribution in [3.8, 4) is 5.82 Å². The Balaban J connectivity index is 1.45. The highest BCUT2D eigenvalue weighted by Gasteiger charge is 2.16. The molecule has 0 aliphatic heterocycles. The molecular weight excluding hydrogens is 410 g/mol. The molecule has 10 nitrogen and oxygen atoms in total. The second-order valence-electron chi connectivity index (χ2n) is 7.39.